The van der Waals surface area contributed by atoms with Crippen LogP contribution in [0.1, 0.15) is 37.3 Å². The fourth-order valence-corrected chi connectivity index (χ4v) is 5.88. The molecule has 0 amide bonds. The minimum atomic E-state index is 0.240. The number of pyridine rings is 1. The maximum Gasteiger partial charge on any atom is 0.260 e. The lowest BCUT2D eigenvalue weighted by molar-refractivity contribution is 0.0774. The van der Waals surface area contributed by atoms with Crippen LogP contribution >= 0.6 is 0 Å². The van der Waals surface area contributed by atoms with E-state index in [0.29, 0.717) is 12.0 Å². The SMILES string of the molecule is O=c1c2c3ccccc3n3c2c(cn1C1CCN2CCCC1C2)CCC3. The highest BCUT2D eigenvalue weighted by molar-refractivity contribution is 6.08. The lowest BCUT2D eigenvalue weighted by Gasteiger charge is -2.43. The lowest BCUT2D eigenvalue weighted by Crippen LogP contribution is -2.47. The second-order valence-electron chi connectivity index (χ2n) is 8.42. The Kier molecular flexibility index (Phi) is 3.16. The van der Waals surface area contributed by atoms with Crippen molar-refractivity contribution in [1.82, 2.24) is 14.0 Å². The van der Waals surface area contributed by atoms with Gasteiger partial charge in [0.05, 0.1) is 10.9 Å². The molecule has 3 aromatic rings. The Labute approximate surface area is 153 Å². The maximum atomic E-state index is 13.6. The van der Waals surface area contributed by atoms with Gasteiger partial charge in [-0.1, -0.05) is 18.2 Å². The number of hydrogen-bond acceptors (Lipinski definition) is 2. The number of nitrogens with zero attached hydrogens (tertiary/aromatic N) is 3. The van der Waals surface area contributed by atoms with Crippen LogP contribution in [0.15, 0.2) is 35.3 Å². The highest BCUT2D eigenvalue weighted by Crippen LogP contribution is 2.37. The molecule has 3 atom stereocenters. The molecular weight excluding hydrogens is 322 g/mol. The zero-order valence-electron chi connectivity index (χ0n) is 15.2. The highest BCUT2D eigenvalue weighted by atomic mass is 16.1. The molecule has 0 N–H and O–H groups in total. The molecule has 134 valence electrons. The van der Waals surface area contributed by atoms with Crippen LogP contribution < -0.4 is 5.56 Å². The van der Waals surface area contributed by atoms with Crippen LogP contribution in [0, 0.1) is 5.92 Å². The molecule has 2 aromatic heterocycles. The molecule has 5 heterocycles. The van der Waals surface area contributed by atoms with E-state index in [-0.39, 0.29) is 5.56 Å². The normalized spacial score (nSPS) is 27.9. The van der Waals surface area contributed by atoms with Gasteiger partial charge in [-0.25, -0.2) is 0 Å². The van der Waals surface area contributed by atoms with Crippen molar-refractivity contribution in [2.45, 2.75) is 44.7 Å². The first-order chi connectivity index (χ1) is 12.8. The molecule has 4 heteroatoms. The number of aryl methyl sites for hydroxylation is 2. The smallest absolute Gasteiger partial charge is 0.260 e. The van der Waals surface area contributed by atoms with Crippen LogP contribution in [0.3, 0.4) is 0 Å². The van der Waals surface area contributed by atoms with Crippen molar-refractivity contribution >= 4 is 21.8 Å². The van der Waals surface area contributed by atoms with Gasteiger partial charge in [0.2, 0.25) is 0 Å². The Morgan fingerprint density at radius 3 is 2.88 bits per heavy atom. The summed E-state index contributed by atoms with van der Waals surface area (Å²) in [5.74, 6) is 0.636. The molecule has 2 fully saturated rings. The number of para-hydroxylation sites is 1. The summed E-state index contributed by atoms with van der Waals surface area (Å²) < 4.78 is 4.53. The van der Waals surface area contributed by atoms with Crippen molar-refractivity contribution in [3.05, 3.63) is 46.4 Å². The van der Waals surface area contributed by atoms with E-state index in [1.807, 2.05) is 0 Å². The van der Waals surface area contributed by atoms with Gasteiger partial charge in [0.25, 0.3) is 5.56 Å². The van der Waals surface area contributed by atoms with Gasteiger partial charge in [-0.2, -0.15) is 0 Å². The lowest BCUT2D eigenvalue weighted by atomic mass is 9.84. The Bertz CT molecular complexity index is 1080. The summed E-state index contributed by atoms with van der Waals surface area (Å²) in [5, 5.41) is 2.11. The predicted molar refractivity (Wildman–Crippen MR) is 105 cm³/mol. The van der Waals surface area contributed by atoms with E-state index < -0.39 is 0 Å². The second-order valence-corrected chi connectivity index (χ2v) is 8.42. The third-order valence-corrected chi connectivity index (χ3v) is 7.03. The van der Waals surface area contributed by atoms with Crippen molar-refractivity contribution < 1.29 is 0 Å². The minimum Gasteiger partial charge on any atom is -0.340 e. The Hall–Kier alpha value is -2.07. The second kappa shape index (κ2) is 5.46. The van der Waals surface area contributed by atoms with Gasteiger partial charge < -0.3 is 14.0 Å². The summed E-state index contributed by atoms with van der Waals surface area (Å²) in [6.07, 6.45) is 8.16. The topological polar surface area (TPSA) is 30.2 Å². The Morgan fingerprint density at radius 1 is 1.00 bits per heavy atom. The molecule has 26 heavy (non-hydrogen) atoms. The summed E-state index contributed by atoms with van der Waals surface area (Å²) in [6.45, 7) is 4.59. The Balaban J connectivity index is 1.63. The first-order valence-corrected chi connectivity index (χ1v) is 10.2. The van der Waals surface area contributed by atoms with Crippen molar-refractivity contribution in [3.63, 3.8) is 0 Å². The molecule has 0 aliphatic carbocycles. The van der Waals surface area contributed by atoms with E-state index in [9.17, 15) is 4.79 Å². The quantitative estimate of drug-likeness (QED) is 0.674. The van der Waals surface area contributed by atoms with E-state index in [1.165, 1.54) is 48.9 Å². The number of piperidine rings is 2. The molecule has 3 aliphatic rings. The average Bonchev–Trinajstić information content (AvgIpc) is 3.02. The third-order valence-electron chi connectivity index (χ3n) is 7.03. The third kappa shape index (κ3) is 1.96. The van der Waals surface area contributed by atoms with Gasteiger partial charge >= 0.3 is 0 Å². The van der Waals surface area contributed by atoms with Crippen molar-refractivity contribution in [2.75, 3.05) is 19.6 Å². The molecule has 2 bridgehead atoms. The number of aromatic nitrogens is 2. The van der Waals surface area contributed by atoms with Gasteiger partial charge in [-0.15, -0.1) is 0 Å². The summed E-state index contributed by atoms with van der Waals surface area (Å²) in [7, 11) is 0. The molecule has 4 nitrogen and oxygen atoms in total. The van der Waals surface area contributed by atoms with Crippen LogP contribution in [0.5, 0.6) is 0 Å². The minimum absolute atomic E-state index is 0.240. The summed E-state index contributed by atoms with van der Waals surface area (Å²) >= 11 is 0. The van der Waals surface area contributed by atoms with Crippen LogP contribution in [0.4, 0.5) is 0 Å². The standard InChI is InChI=1S/C22H25N3O/c26-22-20-17-7-1-2-8-19(17)24-11-4-6-16(21(20)24)14-25(22)18-9-12-23-10-3-5-15(18)13-23/h1-2,7-8,14-15,18H,3-6,9-13H2. The van der Waals surface area contributed by atoms with Gasteiger partial charge in [-0.3, -0.25) is 4.79 Å². The molecule has 0 saturated carbocycles. The molecule has 1 aromatic carbocycles. The molecule has 0 radical (unpaired) electrons. The monoisotopic (exact) mass is 347 g/mol. The molecule has 6 rings (SSSR count). The van der Waals surface area contributed by atoms with Crippen LogP contribution in [0.2, 0.25) is 0 Å². The predicted octanol–water partition coefficient (Wildman–Crippen LogP) is 3.56. The zero-order chi connectivity index (χ0) is 17.3. The summed E-state index contributed by atoms with van der Waals surface area (Å²) in [6, 6.07) is 8.85. The van der Waals surface area contributed by atoms with E-state index in [2.05, 4.69) is 44.5 Å². The van der Waals surface area contributed by atoms with Crippen LogP contribution in [0.25, 0.3) is 21.8 Å². The van der Waals surface area contributed by atoms with Crippen LogP contribution in [-0.4, -0.2) is 33.7 Å². The molecular formula is C22H25N3O. The number of fused-ring (bicyclic) bond motifs is 5. The summed E-state index contributed by atoms with van der Waals surface area (Å²) in [5.41, 5.74) is 4.05. The number of hydrogen-bond donors (Lipinski definition) is 0. The molecule has 3 aliphatic heterocycles. The first kappa shape index (κ1) is 15.0. The van der Waals surface area contributed by atoms with Crippen LogP contribution in [-0.2, 0) is 13.0 Å². The van der Waals surface area contributed by atoms with E-state index in [4.69, 9.17) is 0 Å². The fraction of sp³-hybridized carbons (Fsp3) is 0.500. The van der Waals surface area contributed by atoms with Crippen molar-refractivity contribution in [3.8, 4) is 0 Å². The van der Waals surface area contributed by atoms with Gasteiger partial charge in [-0.05, 0) is 56.2 Å². The number of benzene rings is 1. The van der Waals surface area contributed by atoms with Crippen molar-refractivity contribution in [2.24, 2.45) is 5.92 Å². The largest absolute Gasteiger partial charge is 0.340 e. The fourth-order valence-electron chi connectivity index (χ4n) is 5.88. The van der Waals surface area contributed by atoms with E-state index >= 15 is 0 Å². The maximum absolute atomic E-state index is 13.6. The van der Waals surface area contributed by atoms with Gasteiger partial charge in [0.15, 0.2) is 0 Å². The first-order valence-electron chi connectivity index (χ1n) is 10.2. The molecule has 2 saturated heterocycles. The van der Waals surface area contributed by atoms with Gasteiger partial charge in [0.1, 0.15) is 0 Å². The van der Waals surface area contributed by atoms with Crippen molar-refractivity contribution in [1.29, 1.82) is 0 Å². The zero-order valence-corrected chi connectivity index (χ0v) is 15.2. The highest BCUT2D eigenvalue weighted by Gasteiger charge is 2.34. The summed E-state index contributed by atoms with van der Waals surface area (Å²) in [4.78, 5) is 16.2. The Morgan fingerprint density at radius 2 is 1.92 bits per heavy atom. The number of rotatable bonds is 1. The molecule has 0 spiro atoms. The van der Waals surface area contributed by atoms with Gasteiger partial charge in [0, 0.05) is 42.8 Å². The van der Waals surface area contributed by atoms with E-state index in [0.717, 1.165) is 36.7 Å². The average molecular weight is 347 g/mol. The molecule has 3 unspecified atom stereocenters. The van der Waals surface area contributed by atoms with E-state index in [1.54, 1.807) is 0 Å².